The molecule has 0 bridgehead atoms. The highest BCUT2D eigenvalue weighted by Gasteiger charge is 2.15. The van der Waals surface area contributed by atoms with Gasteiger partial charge in [0, 0.05) is 29.8 Å². The van der Waals surface area contributed by atoms with Gasteiger partial charge in [-0.15, -0.1) is 0 Å². The Kier molecular flexibility index (Phi) is 4.49. The van der Waals surface area contributed by atoms with Gasteiger partial charge in [-0.2, -0.15) is 0 Å². The molecule has 0 unspecified atom stereocenters. The Hall–Kier alpha value is -1.75. The number of aryl methyl sites for hydroxylation is 1. The van der Waals surface area contributed by atoms with Crippen LogP contribution in [0.5, 0.6) is 5.75 Å². The summed E-state index contributed by atoms with van der Waals surface area (Å²) in [7, 11) is 3.41. The monoisotopic (exact) mass is 336 g/mol. The van der Waals surface area contributed by atoms with Gasteiger partial charge < -0.3 is 14.6 Å². The largest absolute Gasteiger partial charge is 0.496 e. The minimum absolute atomic E-state index is 0.0562. The number of methoxy groups -OCH3 is 1. The fourth-order valence-corrected chi connectivity index (χ4v) is 2.40. The van der Waals surface area contributed by atoms with Gasteiger partial charge in [0.15, 0.2) is 0 Å². The van der Waals surface area contributed by atoms with Crippen molar-refractivity contribution in [1.29, 1.82) is 0 Å². The van der Waals surface area contributed by atoms with Crippen LogP contribution in [-0.2, 0) is 6.54 Å². The number of halogens is 1. The molecule has 2 aromatic rings. The van der Waals surface area contributed by atoms with Gasteiger partial charge in [-0.05, 0) is 35.0 Å². The first kappa shape index (κ1) is 14.7. The molecule has 1 aromatic heterocycles. The van der Waals surface area contributed by atoms with Crippen LogP contribution in [-0.4, -0.2) is 29.9 Å². The molecule has 0 aliphatic rings. The minimum atomic E-state index is -0.0562. The number of aromatic amines is 1. The molecule has 2 rings (SSSR count). The van der Waals surface area contributed by atoms with E-state index in [4.69, 9.17) is 4.74 Å². The number of nitrogens with zero attached hydrogens (tertiary/aromatic N) is 1. The van der Waals surface area contributed by atoms with Gasteiger partial charge in [0.25, 0.3) is 5.91 Å². The van der Waals surface area contributed by atoms with Crippen LogP contribution in [0, 0.1) is 6.92 Å². The molecule has 1 aromatic carbocycles. The second-order valence-corrected chi connectivity index (χ2v) is 5.62. The number of carbonyl (C=O) groups is 1. The maximum atomic E-state index is 12.3. The summed E-state index contributed by atoms with van der Waals surface area (Å²) in [5, 5.41) is 0. The van der Waals surface area contributed by atoms with E-state index >= 15 is 0 Å². The summed E-state index contributed by atoms with van der Waals surface area (Å²) in [5.41, 5.74) is 2.70. The second-order valence-electron chi connectivity index (χ2n) is 4.71. The Morgan fingerprint density at radius 1 is 1.40 bits per heavy atom. The van der Waals surface area contributed by atoms with Crippen LogP contribution in [0.2, 0.25) is 0 Å². The van der Waals surface area contributed by atoms with Gasteiger partial charge in [-0.3, -0.25) is 4.79 Å². The first-order chi connectivity index (χ1) is 9.51. The predicted molar refractivity (Wildman–Crippen MR) is 82.0 cm³/mol. The smallest absolute Gasteiger partial charge is 0.270 e. The first-order valence-electron chi connectivity index (χ1n) is 6.24. The van der Waals surface area contributed by atoms with Crippen molar-refractivity contribution in [2.75, 3.05) is 14.2 Å². The lowest BCUT2D eigenvalue weighted by Gasteiger charge is -2.18. The van der Waals surface area contributed by atoms with Crippen LogP contribution in [0.15, 0.2) is 34.9 Å². The average molecular weight is 337 g/mol. The number of H-pyrrole nitrogens is 1. The molecule has 0 fully saturated rings. The second kappa shape index (κ2) is 6.13. The first-order valence-corrected chi connectivity index (χ1v) is 7.03. The van der Waals surface area contributed by atoms with E-state index < -0.39 is 0 Å². The number of carbonyl (C=O) groups excluding carboxylic acids is 1. The lowest BCUT2D eigenvalue weighted by Crippen LogP contribution is -2.26. The third-order valence-electron chi connectivity index (χ3n) is 3.07. The van der Waals surface area contributed by atoms with E-state index in [0.717, 1.165) is 21.3 Å². The van der Waals surface area contributed by atoms with Crippen molar-refractivity contribution < 1.29 is 9.53 Å². The van der Waals surface area contributed by atoms with Crippen LogP contribution in [0.4, 0.5) is 0 Å². The zero-order valence-electron chi connectivity index (χ0n) is 11.7. The topological polar surface area (TPSA) is 45.3 Å². The van der Waals surface area contributed by atoms with Crippen LogP contribution in [0.3, 0.4) is 0 Å². The lowest BCUT2D eigenvalue weighted by molar-refractivity contribution is 0.0779. The van der Waals surface area contributed by atoms with E-state index in [-0.39, 0.29) is 5.91 Å². The molecular weight excluding hydrogens is 320 g/mol. The van der Waals surface area contributed by atoms with Gasteiger partial charge >= 0.3 is 0 Å². The molecule has 0 saturated heterocycles. The summed E-state index contributed by atoms with van der Waals surface area (Å²) in [6, 6.07) is 7.72. The van der Waals surface area contributed by atoms with Gasteiger partial charge in [-0.25, -0.2) is 0 Å². The van der Waals surface area contributed by atoms with Crippen molar-refractivity contribution in [1.82, 2.24) is 9.88 Å². The van der Waals surface area contributed by atoms with E-state index in [1.54, 1.807) is 31.3 Å². The molecule has 106 valence electrons. The normalized spacial score (nSPS) is 10.4. The van der Waals surface area contributed by atoms with E-state index in [1.807, 2.05) is 25.1 Å². The Balaban J connectivity index is 2.17. The van der Waals surface area contributed by atoms with E-state index in [1.165, 1.54) is 0 Å². The van der Waals surface area contributed by atoms with Crippen LogP contribution >= 0.6 is 15.9 Å². The highest BCUT2D eigenvalue weighted by molar-refractivity contribution is 9.10. The molecule has 0 saturated carbocycles. The number of aromatic nitrogens is 1. The minimum Gasteiger partial charge on any atom is -0.496 e. The highest BCUT2D eigenvalue weighted by Crippen LogP contribution is 2.22. The molecule has 0 atom stereocenters. The number of benzene rings is 1. The van der Waals surface area contributed by atoms with E-state index in [9.17, 15) is 4.79 Å². The molecule has 0 spiro atoms. The van der Waals surface area contributed by atoms with Crippen LogP contribution in [0.1, 0.15) is 21.6 Å². The summed E-state index contributed by atoms with van der Waals surface area (Å²) in [5.74, 6) is 0.738. The predicted octanol–water partition coefficient (Wildman–Crippen LogP) is 3.37. The third-order valence-corrected chi connectivity index (χ3v) is 3.53. The molecule has 4 nitrogen and oxygen atoms in total. The van der Waals surface area contributed by atoms with Crippen molar-refractivity contribution in [3.8, 4) is 5.75 Å². The zero-order chi connectivity index (χ0) is 14.7. The Labute approximate surface area is 126 Å². The molecule has 1 amide bonds. The molecule has 0 aliphatic carbocycles. The van der Waals surface area contributed by atoms with Crippen LogP contribution in [0.25, 0.3) is 0 Å². The summed E-state index contributed by atoms with van der Waals surface area (Å²) in [6.45, 7) is 2.52. The van der Waals surface area contributed by atoms with Gasteiger partial charge in [0.2, 0.25) is 0 Å². The molecule has 0 radical (unpaired) electrons. The Morgan fingerprint density at radius 2 is 2.15 bits per heavy atom. The number of amides is 1. The fourth-order valence-electron chi connectivity index (χ4n) is 2.06. The number of nitrogens with one attached hydrogen (secondary N) is 1. The van der Waals surface area contributed by atoms with Crippen molar-refractivity contribution >= 4 is 21.8 Å². The number of ether oxygens (including phenoxy) is 1. The van der Waals surface area contributed by atoms with Gasteiger partial charge in [0.05, 0.1) is 7.11 Å². The van der Waals surface area contributed by atoms with Crippen molar-refractivity contribution in [2.24, 2.45) is 0 Å². The Morgan fingerprint density at radius 3 is 2.75 bits per heavy atom. The Bertz CT molecular complexity index is 622. The number of hydrogen-bond donors (Lipinski definition) is 1. The fraction of sp³-hybridized carbons (Fsp3) is 0.267. The van der Waals surface area contributed by atoms with Crippen molar-refractivity contribution in [2.45, 2.75) is 13.5 Å². The molecule has 5 heteroatoms. The van der Waals surface area contributed by atoms with Crippen molar-refractivity contribution in [3.63, 3.8) is 0 Å². The zero-order valence-corrected chi connectivity index (χ0v) is 13.3. The molecule has 0 aliphatic heterocycles. The van der Waals surface area contributed by atoms with Crippen LogP contribution < -0.4 is 4.74 Å². The summed E-state index contributed by atoms with van der Waals surface area (Å²) in [4.78, 5) is 16.9. The SMILES string of the molecule is COc1ccc(C)cc1CN(C)C(=O)c1cc(Br)c[nH]1. The van der Waals surface area contributed by atoms with E-state index in [2.05, 4.69) is 20.9 Å². The maximum Gasteiger partial charge on any atom is 0.270 e. The molecule has 1 N–H and O–H groups in total. The third kappa shape index (κ3) is 3.22. The highest BCUT2D eigenvalue weighted by atomic mass is 79.9. The number of rotatable bonds is 4. The van der Waals surface area contributed by atoms with Gasteiger partial charge in [0.1, 0.15) is 11.4 Å². The quantitative estimate of drug-likeness (QED) is 0.930. The summed E-state index contributed by atoms with van der Waals surface area (Å²) in [6.07, 6.45) is 1.74. The summed E-state index contributed by atoms with van der Waals surface area (Å²) >= 11 is 3.33. The summed E-state index contributed by atoms with van der Waals surface area (Å²) < 4.78 is 6.20. The van der Waals surface area contributed by atoms with E-state index in [0.29, 0.717) is 12.2 Å². The average Bonchev–Trinajstić information content (AvgIpc) is 2.84. The number of hydrogen-bond acceptors (Lipinski definition) is 2. The van der Waals surface area contributed by atoms with Crippen molar-refractivity contribution in [3.05, 3.63) is 51.8 Å². The van der Waals surface area contributed by atoms with Gasteiger partial charge in [-0.1, -0.05) is 17.7 Å². The molecular formula is C15H17BrN2O2. The standard InChI is InChI=1S/C15H17BrN2O2/c1-10-4-5-14(20-3)11(6-10)9-18(2)15(19)13-7-12(16)8-17-13/h4-8,17H,9H2,1-3H3. The maximum absolute atomic E-state index is 12.3. The lowest BCUT2D eigenvalue weighted by atomic mass is 10.1. The molecule has 20 heavy (non-hydrogen) atoms. The molecule has 1 heterocycles.